The number of amides is 3. The lowest BCUT2D eigenvalue weighted by molar-refractivity contribution is -0.197. The van der Waals surface area contributed by atoms with E-state index in [1.54, 1.807) is 0 Å². The van der Waals surface area contributed by atoms with Crippen molar-refractivity contribution < 1.29 is 76.7 Å². The number of aliphatic hydroxyl groups excluding tert-OH is 1. The Balaban J connectivity index is 0.000000400. The van der Waals surface area contributed by atoms with Crippen LogP contribution in [0.2, 0.25) is 0 Å². The number of hydrogen-bond acceptors (Lipinski definition) is 16. The van der Waals surface area contributed by atoms with Crippen molar-refractivity contribution in [1.82, 2.24) is 15.4 Å². The molecule has 0 aliphatic carbocycles. The first-order valence-corrected chi connectivity index (χ1v) is 18.1. The Morgan fingerprint density at radius 3 is 1.75 bits per heavy atom. The van der Waals surface area contributed by atoms with E-state index in [1.807, 2.05) is 30.5 Å². The van der Waals surface area contributed by atoms with Crippen molar-refractivity contribution in [3.63, 3.8) is 0 Å². The van der Waals surface area contributed by atoms with Gasteiger partial charge in [-0.25, -0.2) is 14.4 Å². The number of H-pyrrole nitrogens is 1. The van der Waals surface area contributed by atoms with E-state index in [2.05, 4.69) is 33.0 Å². The van der Waals surface area contributed by atoms with E-state index in [0.717, 1.165) is 28.6 Å². The number of nitrogens with zero attached hydrogens (tertiary/aromatic N) is 1. The molecule has 57 heavy (non-hydrogen) atoms. The van der Waals surface area contributed by atoms with Crippen LogP contribution in [-0.4, -0.2) is 122 Å². The predicted octanol–water partition coefficient (Wildman–Crippen LogP) is 1.66. The van der Waals surface area contributed by atoms with Crippen molar-refractivity contribution in [1.29, 1.82) is 0 Å². The number of nitrogens with one attached hydrogen (secondary N) is 2. The third-order valence-corrected chi connectivity index (χ3v) is 7.42. The van der Waals surface area contributed by atoms with Gasteiger partial charge < -0.3 is 48.7 Å². The van der Waals surface area contributed by atoms with Gasteiger partial charge in [-0.2, -0.15) is 0 Å². The topological polar surface area (TPSA) is 252 Å². The van der Waals surface area contributed by atoms with Gasteiger partial charge in [-0.1, -0.05) is 31.4 Å². The van der Waals surface area contributed by atoms with Crippen LogP contribution in [0.15, 0.2) is 55.8 Å². The molecule has 0 radical (unpaired) electrons. The van der Waals surface area contributed by atoms with Crippen LogP contribution in [0.4, 0.5) is 0 Å². The minimum absolute atomic E-state index is 0.0199. The van der Waals surface area contributed by atoms with Crippen LogP contribution in [0.1, 0.15) is 56.9 Å². The van der Waals surface area contributed by atoms with E-state index in [-0.39, 0.29) is 110 Å². The molecule has 3 amide bonds. The van der Waals surface area contributed by atoms with Gasteiger partial charge in [0, 0.05) is 74.2 Å². The third-order valence-electron chi connectivity index (χ3n) is 7.42. The van der Waals surface area contributed by atoms with Gasteiger partial charge in [0.15, 0.2) is 0 Å². The van der Waals surface area contributed by atoms with Gasteiger partial charge in [-0.05, 0) is 24.5 Å². The summed E-state index contributed by atoms with van der Waals surface area (Å²) in [5.41, 5.74) is 1.88. The zero-order valence-corrected chi connectivity index (χ0v) is 31.6. The molecule has 1 aliphatic heterocycles. The molecule has 0 spiro atoms. The standard InChI is InChI=1S/C22H28N2O7.C16H21NO9/c1-2-21(27)30-12-10-29-11-13-31-22(28)9-5-8-19(25)24-20(26)14-16-15-23-18-7-4-3-6-17(16)18;1-2-14(20)24-10-8-23-9-11-25-15(21)4-3-5-16(22)26-17-12(18)6-7-13(17)19/h2-4,6-7,15,20,23,26H,1,5,8-14H2,(H,24,25);2H,1,3-11H2. The number of ether oxygens (including phenoxy) is 6. The smallest absolute Gasteiger partial charge is 0.333 e. The molecule has 1 unspecified atom stereocenters. The molecule has 1 aromatic heterocycles. The highest BCUT2D eigenvalue weighted by Crippen LogP contribution is 2.19. The maximum Gasteiger partial charge on any atom is 0.333 e. The van der Waals surface area contributed by atoms with Gasteiger partial charge in [0.2, 0.25) is 5.91 Å². The molecule has 1 aliphatic rings. The Bertz CT molecular complexity index is 1660. The zero-order valence-electron chi connectivity index (χ0n) is 31.6. The number of carbonyl (C=O) groups is 8. The van der Waals surface area contributed by atoms with Crippen molar-refractivity contribution in [2.75, 3.05) is 52.9 Å². The van der Waals surface area contributed by atoms with Gasteiger partial charge >= 0.3 is 29.8 Å². The summed E-state index contributed by atoms with van der Waals surface area (Å²) in [6, 6.07) is 7.72. The molecule has 0 bridgehead atoms. The van der Waals surface area contributed by atoms with E-state index in [4.69, 9.17) is 23.7 Å². The fraction of sp³-hybridized carbons (Fsp3) is 0.474. The van der Waals surface area contributed by atoms with E-state index in [0.29, 0.717) is 11.5 Å². The number of carbonyl (C=O) groups excluding carboxylic acids is 8. The summed E-state index contributed by atoms with van der Waals surface area (Å²) in [6.07, 6.45) is 3.74. The van der Waals surface area contributed by atoms with Gasteiger partial charge in [0.05, 0.1) is 26.4 Å². The maximum atomic E-state index is 12.0. The molecule has 3 N–H and O–H groups in total. The quantitative estimate of drug-likeness (QED) is 0.0305. The molecule has 1 fully saturated rings. The third kappa shape index (κ3) is 20.5. The molecule has 1 saturated heterocycles. The molecular formula is C38H49N3O16. The van der Waals surface area contributed by atoms with Gasteiger partial charge in [-0.15, -0.1) is 5.06 Å². The molecule has 3 rings (SSSR count). The number of imide groups is 1. The summed E-state index contributed by atoms with van der Waals surface area (Å²) in [5.74, 6) is -4.23. The lowest BCUT2D eigenvalue weighted by atomic mass is 10.1. The first kappa shape index (κ1) is 47.2. The number of fused-ring (bicyclic) bond motifs is 1. The fourth-order valence-corrected chi connectivity index (χ4v) is 4.69. The number of aliphatic hydroxyl groups is 1. The van der Waals surface area contributed by atoms with Gasteiger partial charge in [-0.3, -0.25) is 24.0 Å². The zero-order chi connectivity index (χ0) is 41.8. The second-order valence-electron chi connectivity index (χ2n) is 11.8. The molecule has 1 aromatic carbocycles. The number of para-hydroxylation sites is 1. The maximum absolute atomic E-state index is 12.0. The number of esters is 4. The predicted molar refractivity (Wildman–Crippen MR) is 197 cm³/mol. The average molecular weight is 804 g/mol. The minimum Gasteiger partial charge on any atom is -0.463 e. The number of hydrogen-bond donors (Lipinski definition) is 3. The molecule has 312 valence electrons. The van der Waals surface area contributed by atoms with Crippen molar-refractivity contribution >= 4 is 58.5 Å². The molecule has 2 aromatic rings. The van der Waals surface area contributed by atoms with Crippen LogP contribution in [0.3, 0.4) is 0 Å². The number of rotatable bonds is 26. The summed E-state index contributed by atoms with van der Waals surface area (Å²) < 4.78 is 29.5. The highest BCUT2D eigenvalue weighted by molar-refractivity contribution is 6.01. The van der Waals surface area contributed by atoms with E-state index < -0.39 is 47.9 Å². The highest BCUT2D eigenvalue weighted by Gasteiger charge is 2.32. The first-order valence-electron chi connectivity index (χ1n) is 18.1. The van der Waals surface area contributed by atoms with Crippen LogP contribution in [0, 0.1) is 0 Å². The van der Waals surface area contributed by atoms with E-state index >= 15 is 0 Å². The van der Waals surface area contributed by atoms with E-state index in [9.17, 15) is 43.5 Å². The Labute approximate surface area is 328 Å². The van der Waals surface area contributed by atoms with Crippen molar-refractivity contribution in [3.8, 4) is 0 Å². The number of aromatic nitrogens is 1. The summed E-state index contributed by atoms with van der Waals surface area (Å²) >= 11 is 0. The number of aromatic amines is 1. The Morgan fingerprint density at radius 1 is 0.719 bits per heavy atom. The monoisotopic (exact) mass is 803 g/mol. The van der Waals surface area contributed by atoms with Crippen molar-refractivity contribution in [3.05, 3.63) is 61.3 Å². The molecular weight excluding hydrogens is 754 g/mol. The summed E-state index contributed by atoms with van der Waals surface area (Å²) in [7, 11) is 0. The van der Waals surface area contributed by atoms with Crippen LogP contribution in [0.25, 0.3) is 10.9 Å². The highest BCUT2D eigenvalue weighted by atomic mass is 16.7. The lowest BCUT2D eigenvalue weighted by Gasteiger charge is -2.12. The van der Waals surface area contributed by atoms with E-state index in [1.165, 1.54) is 0 Å². The SMILES string of the molecule is C=CC(=O)OCCOCCOC(=O)CCCC(=O)NC(O)Cc1c[nH]c2ccccc12.C=CC(=O)OCCOCCOC(=O)CCCC(=O)ON1C(=O)CCC1=O. The Morgan fingerprint density at radius 2 is 1.21 bits per heavy atom. The largest absolute Gasteiger partial charge is 0.463 e. The first-order chi connectivity index (χ1) is 27.4. The van der Waals surface area contributed by atoms with Gasteiger partial charge in [0.25, 0.3) is 11.8 Å². The molecule has 19 nitrogen and oxygen atoms in total. The van der Waals surface area contributed by atoms with Crippen LogP contribution >= 0.6 is 0 Å². The fourth-order valence-electron chi connectivity index (χ4n) is 4.69. The summed E-state index contributed by atoms with van der Waals surface area (Å²) in [6.45, 7) is 7.45. The van der Waals surface area contributed by atoms with Crippen LogP contribution in [0.5, 0.6) is 0 Å². The van der Waals surface area contributed by atoms with Crippen molar-refractivity contribution in [2.45, 2.75) is 64.0 Å². The van der Waals surface area contributed by atoms with Gasteiger partial charge in [0.1, 0.15) is 32.7 Å². The van der Waals surface area contributed by atoms with Crippen molar-refractivity contribution in [2.24, 2.45) is 0 Å². The molecule has 1 atom stereocenters. The summed E-state index contributed by atoms with van der Waals surface area (Å²) in [5, 5.41) is 14.1. The Kier molecular flexibility index (Phi) is 22.9. The lowest BCUT2D eigenvalue weighted by Crippen LogP contribution is -2.36. The second-order valence-corrected chi connectivity index (χ2v) is 11.8. The molecule has 2 heterocycles. The molecule has 0 saturated carbocycles. The Hall–Kier alpha value is -5.92. The summed E-state index contributed by atoms with van der Waals surface area (Å²) in [4.78, 5) is 98.5. The molecule has 19 heteroatoms. The average Bonchev–Trinajstić information content (AvgIpc) is 3.74. The van der Waals surface area contributed by atoms with Crippen LogP contribution in [-0.2, 0) is 78.0 Å². The number of hydroxylamine groups is 2. The normalized spacial score (nSPS) is 12.5. The number of benzene rings is 1. The van der Waals surface area contributed by atoms with Crippen LogP contribution < -0.4 is 5.32 Å². The second kappa shape index (κ2) is 27.6. The minimum atomic E-state index is -1.01.